The Morgan fingerprint density at radius 3 is 2.79 bits per heavy atom. The minimum Gasteiger partial charge on any atom is -0.381 e. The first-order valence-electron chi connectivity index (χ1n) is 5.77. The molecule has 2 fully saturated rings. The Hall–Kier alpha value is 0.270. The standard InChI is InChI=1S/C11H21NOS/c1-9-6-11(8-14-9)12-7-10-2-4-13-5-3-10/h9-12H,2-8H2,1H3. The van der Waals surface area contributed by atoms with Crippen molar-refractivity contribution in [2.75, 3.05) is 25.5 Å². The molecule has 2 rings (SSSR count). The van der Waals surface area contributed by atoms with Gasteiger partial charge in [0.1, 0.15) is 0 Å². The highest BCUT2D eigenvalue weighted by Crippen LogP contribution is 2.26. The predicted molar refractivity (Wildman–Crippen MR) is 61.9 cm³/mol. The molecule has 0 radical (unpaired) electrons. The van der Waals surface area contributed by atoms with E-state index < -0.39 is 0 Å². The summed E-state index contributed by atoms with van der Waals surface area (Å²) in [5, 5.41) is 4.57. The quantitative estimate of drug-likeness (QED) is 0.777. The molecule has 2 unspecified atom stereocenters. The topological polar surface area (TPSA) is 21.3 Å². The molecule has 0 amide bonds. The van der Waals surface area contributed by atoms with Gasteiger partial charge in [-0.05, 0) is 31.7 Å². The highest BCUT2D eigenvalue weighted by Gasteiger charge is 2.22. The van der Waals surface area contributed by atoms with E-state index in [-0.39, 0.29) is 0 Å². The Morgan fingerprint density at radius 1 is 1.36 bits per heavy atom. The van der Waals surface area contributed by atoms with Gasteiger partial charge in [-0.3, -0.25) is 0 Å². The first kappa shape index (κ1) is 10.8. The van der Waals surface area contributed by atoms with Gasteiger partial charge in [0.15, 0.2) is 0 Å². The zero-order valence-electron chi connectivity index (χ0n) is 9.00. The van der Waals surface area contributed by atoms with E-state index in [9.17, 15) is 0 Å². The van der Waals surface area contributed by atoms with Crippen molar-refractivity contribution in [3.8, 4) is 0 Å². The number of nitrogens with one attached hydrogen (secondary N) is 1. The smallest absolute Gasteiger partial charge is 0.0469 e. The Kier molecular flexibility index (Phi) is 4.14. The van der Waals surface area contributed by atoms with Gasteiger partial charge in [-0.15, -0.1) is 0 Å². The molecule has 2 atom stereocenters. The average molecular weight is 215 g/mol. The van der Waals surface area contributed by atoms with Crippen LogP contribution in [0.2, 0.25) is 0 Å². The minimum atomic E-state index is 0.776. The Balaban J connectivity index is 1.61. The maximum Gasteiger partial charge on any atom is 0.0469 e. The van der Waals surface area contributed by atoms with Crippen molar-refractivity contribution >= 4 is 11.8 Å². The highest BCUT2D eigenvalue weighted by atomic mass is 32.2. The molecule has 1 N–H and O–H groups in total. The summed E-state index contributed by atoms with van der Waals surface area (Å²) in [4.78, 5) is 0. The first-order valence-corrected chi connectivity index (χ1v) is 6.82. The van der Waals surface area contributed by atoms with Gasteiger partial charge in [0.05, 0.1) is 0 Å². The van der Waals surface area contributed by atoms with Crippen molar-refractivity contribution in [2.45, 2.75) is 37.5 Å². The van der Waals surface area contributed by atoms with E-state index in [0.29, 0.717) is 0 Å². The molecule has 0 spiro atoms. The van der Waals surface area contributed by atoms with Crippen LogP contribution in [0.3, 0.4) is 0 Å². The zero-order valence-corrected chi connectivity index (χ0v) is 9.81. The summed E-state index contributed by atoms with van der Waals surface area (Å²) < 4.78 is 5.36. The Labute approximate surface area is 91.2 Å². The molecule has 0 aliphatic carbocycles. The van der Waals surface area contributed by atoms with Crippen molar-refractivity contribution in [1.82, 2.24) is 5.32 Å². The van der Waals surface area contributed by atoms with Crippen LogP contribution >= 0.6 is 11.8 Å². The Morgan fingerprint density at radius 2 is 2.14 bits per heavy atom. The van der Waals surface area contributed by atoms with E-state index in [1.54, 1.807) is 0 Å². The van der Waals surface area contributed by atoms with Crippen LogP contribution in [0.4, 0.5) is 0 Å². The van der Waals surface area contributed by atoms with E-state index in [0.717, 1.165) is 30.4 Å². The third-order valence-electron chi connectivity index (χ3n) is 3.23. The van der Waals surface area contributed by atoms with Gasteiger partial charge >= 0.3 is 0 Å². The molecule has 2 heterocycles. The molecular formula is C11H21NOS. The van der Waals surface area contributed by atoms with Gasteiger partial charge in [0, 0.05) is 30.3 Å². The fraction of sp³-hybridized carbons (Fsp3) is 1.00. The molecule has 2 saturated heterocycles. The number of thioether (sulfide) groups is 1. The highest BCUT2D eigenvalue weighted by molar-refractivity contribution is 8.00. The molecule has 0 bridgehead atoms. The second kappa shape index (κ2) is 5.38. The second-order valence-corrected chi connectivity index (χ2v) is 6.01. The van der Waals surface area contributed by atoms with Crippen LogP contribution in [0, 0.1) is 5.92 Å². The summed E-state index contributed by atoms with van der Waals surface area (Å²) >= 11 is 2.10. The molecule has 82 valence electrons. The number of rotatable bonds is 3. The summed E-state index contributed by atoms with van der Waals surface area (Å²) in [6.45, 7) is 5.49. The molecule has 0 saturated carbocycles. The van der Waals surface area contributed by atoms with Crippen molar-refractivity contribution in [1.29, 1.82) is 0 Å². The molecule has 2 aliphatic rings. The lowest BCUT2D eigenvalue weighted by Gasteiger charge is -2.23. The molecular weight excluding hydrogens is 194 g/mol. The van der Waals surface area contributed by atoms with Crippen molar-refractivity contribution in [3.63, 3.8) is 0 Å². The van der Waals surface area contributed by atoms with Gasteiger partial charge < -0.3 is 10.1 Å². The van der Waals surface area contributed by atoms with Gasteiger partial charge in [-0.2, -0.15) is 11.8 Å². The molecule has 14 heavy (non-hydrogen) atoms. The number of hydrogen-bond acceptors (Lipinski definition) is 3. The zero-order chi connectivity index (χ0) is 9.80. The summed E-state index contributed by atoms with van der Waals surface area (Å²) in [7, 11) is 0. The maximum atomic E-state index is 5.36. The van der Waals surface area contributed by atoms with E-state index in [2.05, 4.69) is 24.0 Å². The lowest BCUT2D eigenvalue weighted by molar-refractivity contribution is 0.0656. The van der Waals surface area contributed by atoms with Crippen LogP contribution in [0.25, 0.3) is 0 Å². The fourth-order valence-electron chi connectivity index (χ4n) is 2.24. The third kappa shape index (κ3) is 3.14. The van der Waals surface area contributed by atoms with Crippen molar-refractivity contribution in [2.24, 2.45) is 5.92 Å². The van der Waals surface area contributed by atoms with Gasteiger partial charge in [-0.1, -0.05) is 6.92 Å². The molecule has 0 aromatic heterocycles. The number of ether oxygens (including phenoxy) is 1. The van der Waals surface area contributed by atoms with Gasteiger partial charge in [0.2, 0.25) is 0 Å². The second-order valence-electron chi connectivity index (χ2n) is 4.54. The average Bonchev–Trinajstić information content (AvgIpc) is 2.63. The van der Waals surface area contributed by atoms with Crippen molar-refractivity contribution < 1.29 is 4.74 Å². The Bertz CT molecular complexity index is 166. The molecule has 3 heteroatoms. The molecule has 0 aromatic rings. The summed E-state index contributed by atoms with van der Waals surface area (Å²) in [5.41, 5.74) is 0. The largest absolute Gasteiger partial charge is 0.381 e. The van der Waals surface area contributed by atoms with E-state index in [1.165, 1.54) is 31.6 Å². The molecule has 2 aliphatic heterocycles. The normalized spacial score (nSPS) is 34.9. The lowest BCUT2D eigenvalue weighted by atomic mass is 10.00. The van der Waals surface area contributed by atoms with Crippen LogP contribution in [-0.4, -0.2) is 36.8 Å². The van der Waals surface area contributed by atoms with Crippen LogP contribution in [-0.2, 0) is 4.74 Å². The van der Waals surface area contributed by atoms with Gasteiger partial charge in [0.25, 0.3) is 0 Å². The number of hydrogen-bond donors (Lipinski definition) is 1. The molecule has 0 aromatic carbocycles. The maximum absolute atomic E-state index is 5.36. The predicted octanol–water partition coefficient (Wildman–Crippen LogP) is 1.90. The van der Waals surface area contributed by atoms with Crippen LogP contribution < -0.4 is 5.32 Å². The SMILES string of the molecule is CC1CC(NCC2CCOCC2)CS1. The summed E-state index contributed by atoms with van der Waals surface area (Å²) in [5.74, 6) is 2.18. The fourth-order valence-corrected chi connectivity index (χ4v) is 3.43. The van der Waals surface area contributed by atoms with Crippen LogP contribution in [0.15, 0.2) is 0 Å². The van der Waals surface area contributed by atoms with Crippen LogP contribution in [0.5, 0.6) is 0 Å². The minimum absolute atomic E-state index is 0.776. The van der Waals surface area contributed by atoms with Crippen LogP contribution in [0.1, 0.15) is 26.2 Å². The first-order chi connectivity index (χ1) is 6.84. The molecule has 2 nitrogen and oxygen atoms in total. The van der Waals surface area contributed by atoms with Crippen molar-refractivity contribution in [3.05, 3.63) is 0 Å². The summed E-state index contributed by atoms with van der Waals surface area (Å²) in [6.07, 6.45) is 3.86. The van der Waals surface area contributed by atoms with E-state index >= 15 is 0 Å². The van der Waals surface area contributed by atoms with Gasteiger partial charge in [-0.25, -0.2) is 0 Å². The third-order valence-corrected chi connectivity index (χ3v) is 4.59. The summed E-state index contributed by atoms with van der Waals surface area (Å²) in [6, 6.07) is 0.776. The van der Waals surface area contributed by atoms with E-state index in [1.807, 2.05) is 0 Å². The van der Waals surface area contributed by atoms with E-state index in [4.69, 9.17) is 4.74 Å². The lowest BCUT2D eigenvalue weighted by Crippen LogP contribution is -2.35. The monoisotopic (exact) mass is 215 g/mol.